The molecule has 1 aromatic heterocycles. The van der Waals surface area contributed by atoms with Gasteiger partial charge in [-0.05, 0) is 30.3 Å². The number of carbonyl (C=O) groups excluding carboxylic acids is 3. The molecule has 2 amide bonds. The van der Waals surface area contributed by atoms with Crippen LogP contribution < -0.4 is 20.7 Å². The van der Waals surface area contributed by atoms with Crippen LogP contribution in [0.5, 0.6) is 5.75 Å². The number of para-hydroxylation sites is 1. The van der Waals surface area contributed by atoms with Crippen LogP contribution in [0.15, 0.2) is 60.8 Å². The Morgan fingerprint density at radius 2 is 1.82 bits per heavy atom. The standard InChI is InChI=1S/C27H26ClN7O4/c1-15(27-13-35(27)14-27)24(37)30-16-9-10-21(39-4)20(11-16)32-26-29-12-18(28)23(33-26)31-19-8-6-5-7-17(19)22(36)25(38)34(2)3/h5-12H,1,13-14H2,2-4H3,(H,30,37)(H2,29,31,32,33). The number of Topliss-reactive ketones (excluding diaryl/α,β-unsaturated/α-hetero) is 1. The predicted molar refractivity (Wildman–Crippen MR) is 148 cm³/mol. The van der Waals surface area contributed by atoms with Gasteiger partial charge in [-0.25, -0.2) is 4.98 Å². The maximum atomic E-state index is 12.7. The molecule has 0 atom stereocenters. The summed E-state index contributed by atoms with van der Waals surface area (Å²) in [6.45, 7) is 5.72. The number of rotatable bonds is 10. The van der Waals surface area contributed by atoms with Crippen LogP contribution >= 0.6 is 11.6 Å². The molecule has 0 saturated carbocycles. The molecule has 0 aliphatic carbocycles. The number of hydrogen-bond donors (Lipinski definition) is 3. The number of halogens is 1. The van der Waals surface area contributed by atoms with E-state index in [1.54, 1.807) is 42.5 Å². The lowest BCUT2D eigenvalue weighted by Crippen LogP contribution is -2.30. The number of fused-ring (bicyclic) bond motifs is 1. The van der Waals surface area contributed by atoms with Gasteiger partial charge in [0.1, 0.15) is 10.8 Å². The van der Waals surface area contributed by atoms with Gasteiger partial charge in [0.2, 0.25) is 5.95 Å². The van der Waals surface area contributed by atoms with Gasteiger partial charge in [-0.15, -0.1) is 0 Å². The summed E-state index contributed by atoms with van der Waals surface area (Å²) in [6, 6.07) is 11.7. The minimum atomic E-state index is -0.673. The van der Waals surface area contributed by atoms with Gasteiger partial charge in [0, 0.05) is 38.4 Å². The maximum absolute atomic E-state index is 12.7. The van der Waals surface area contributed by atoms with Gasteiger partial charge in [0.15, 0.2) is 5.82 Å². The molecule has 3 aromatic rings. The Hall–Kier alpha value is -4.48. The number of benzene rings is 2. The molecular formula is C27H26ClN7O4. The molecule has 0 radical (unpaired) electrons. The van der Waals surface area contributed by atoms with Crippen molar-refractivity contribution in [2.24, 2.45) is 0 Å². The van der Waals surface area contributed by atoms with E-state index in [1.807, 2.05) is 0 Å². The van der Waals surface area contributed by atoms with Crippen molar-refractivity contribution in [3.05, 3.63) is 71.4 Å². The molecule has 12 heteroatoms. The van der Waals surface area contributed by atoms with E-state index in [0.717, 1.165) is 13.1 Å². The lowest BCUT2D eigenvalue weighted by molar-refractivity contribution is -0.124. The van der Waals surface area contributed by atoms with E-state index >= 15 is 0 Å². The molecule has 0 spiro atoms. The minimum Gasteiger partial charge on any atom is -0.495 e. The zero-order chi connectivity index (χ0) is 27.9. The Balaban J connectivity index is 1.36. The third-order valence-corrected chi connectivity index (χ3v) is 6.89. The zero-order valence-corrected chi connectivity index (χ0v) is 22.3. The number of methoxy groups -OCH3 is 1. The highest BCUT2D eigenvalue weighted by atomic mass is 35.5. The Kier molecular flexibility index (Phi) is 6.71. The van der Waals surface area contributed by atoms with Crippen molar-refractivity contribution in [1.29, 1.82) is 0 Å². The monoisotopic (exact) mass is 547 g/mol. The van der Waals surface area contributed by atoms with Crippen LogP contribution in [0, 0.1) is 0 Å². The second-order valence-corrected chi connectivity index (χ2v) is 9.86. The summed E-state index contributed by atoms with van der Waals surface area (Å²) in [5, 5.41) is 9.19. The van der Waals surface area contributed by atoms with E-state index in [-0.39, 0.29) is 33.8 Å². The van der Waals surface area contributed by atoms with E-state index in [2.05, 4.69) is 37.4 Å². The van der Waals surface area contributed by atoms with Crippen molar-refractivity contribution >= 4 is 58.0 Å². The number of likely N-dealkylation sites (N-methyl/N-ethyl adjacent to an activating group) is 1. The molecule has 0 unspecified atom stereocenters. The number of ketones is 1. The van der Waals surface area contributed by atoms with E-state index in [1.165, 1.54) is 32.3 Å². The summed E-state index contributed by atoms with van der Waals surface area (Å²) >= 11 is 6.35. The van der Waals surface area contributed by atoms with E-state index < -0.39 is 11.7 Å². The number of aromatic nitrogens is 2. The quantitative estimate of drug-likeness (QED) is 0.151. The summed E-state index contributed by atoms with van der Waals surface area (Å²) in [5.41, 5.74) is 1.98. The Morgan fingerprint density at radius 3 is 2.49 bits per heavy atom. The topological polar surface area (TPSA) is 129 Å². The molecule has 200 valence electrons. The van der Waals surface area contributed by atoms with Crippen molar-refractivity contribution in [1.82, 2.24) is 19.8 Å². The molecule has 2 fully saturated rings. The molecular weight excluding hydrogens is 522 g/mol. The van der Waals surface area contributed by atoms with E-state index in [9.17, 15) is 14.4 Å². The van der Waals surface area contributed by atoms with Crippen molar-refractivity contribution in [3.8, 4) is 5.75 Å². The summed E-state index contributed by atoms with van der Waals surface area (Å²) in [7, 11) is 4.54. The summed E-state index contributed by atoms with van der Waals surface area (Å²) < 4.78 is 5.46. The van der Waals surface area contributed by atoms with E-state index in [4.69, 9.17) is 16.3 Å². The van der Waals surface area contributed by atoms with Gasteiger partial charge in [-0.3, -0.25) is 19.3 Å². The minimum absolute atomic E-state index is 0.138. The fourth-order valence-electron chi connectivity index (χ4n) is 4.07. The van der Waals surface area contributed by atoms with Crippen LogP contribution in [0.4, 0.5) is 28.8 Å². The molecule has 2 saturated heterocycles. The number of nitrogens with zero attached hydrogens (tertiary/aromatic N) is 4. The fraction of sp³-hybridized carbons (Fsp3) is 0.222. The zero-order valence-electron chi connectivity index (χ0n) is 21.5. The van der Waals surface area contributed by atoms with Gasteiger partial charge in [-0.2, -0.15) is 4.98 Å². The third kappa shape index (κ3) is 5.14. The average molecular weight is 548 g/mol. The molecule has 11 nitrogen and oxygen atoms in total. The van der Waals surface area contributed by atoms with Crippen molar-refractivity contribution in [2.75, 3.05) is 50.2 Å². The van der Waals surface area contributed by atoms with Crippen LogP contribution in [0.25, 0.3) is 0 Å². The predicted octanol–water partition coefficient (Wildman–Crippen LogP) is 3.46. The number of amides is 2. The largest absolute Gasteiger partial charge is 0.495 e. The molecule has 5 rings (SSSR count). The molecule has 2 aromatic carbocycles. The van der Waals surface area contributed by atoms with Gasteiger partial charge >= 0.3 is 0 Å². The number of nitrogens with one attached hydrogen (secondary N) is 3. The fourth-order valence-corrected chi connectivity index (χ4v) is 4.21. The lowest BCUT2D eigenvalue weighted by atomic mass is 10.0. The first kappa shape index (κ1) is 26.1. The summed E-state index contributed by atoms with van der Waals surface area (Å²) in [4.78, 5) is 49.7. The number of hydrogen-bond acceptors (Lipinski definition) is 9. The SMILES string of the molecule is C=C(C(=O)Nc1ccc(OC)c(Nc2ncc(Cl)c(Nc3ccccc3C(=O)C(=O)N(C)C)n2)c1)C12CN1C2. The molecule has 3 N–H and O–H groups in total. The number of carbonyl (C=O) groups is 3. The number of ether oxygens (including phenoxy) is 1. The number of anilines is 5. The van der Waals surface area contributed by atoms with Crippen LogP contribution in [-0.4, -0.2) is 77.2 Å². The Morgan fingerprint density at radius 1 is 1.10 bits per heavy atom. The second-order valence-electron chi connectivity index (χ2n) is 9.45. The van der Waals surface area contributed by atoms with Gasteiger partial charge in [0.05, 0.1) is 35.8 Å². The van der Waals surface area contributed by atoms with Crippen molar-refractivity contribution in [2.45, 2.75) is 5.54 Å². The Labute approximate surface area is 229 Å². The lowest BCUT2D eigenvalue weighted by Gasteiger charge is -2.15. The maximum Gasteiger partial charge on any atom is 0.294 e. The van der Waals surface area contributed by atoms with Gasteiger partial charge < -0.3 is 25.6 Å². The smallest absolute Gasteiger partial charge is 0.294 e. The van der Waals surface area contributed by atoms with Gasteiger partial charge in [-0.1, -0.05) is 30.3 Å². The molecule has 2 aliphatic heterocycles. The first-order chi connectivity index (χ1) is 18.6. The normalized spacial score (nSPS) is 18.3. The first-order valence-corrected chi connectivity index (χ1v) is 12.4. The highest BCUT2D eigenvalue weighted by molar-refractivity contribution is 6.43. The molecule has 39 heavy (non-hydrogen) atoms. The third-order valence-electron chi connectivity index (χ3n) is 6.61. The van der Waals surface area contributed by atoms with Crippen LogP contribution in [0.1, 0.15) is 10.4 Å². The second kappa shape index (κ2) is 10.0. The summed E-state index contributed by atoms with van der Waals surface area (Å²) in [5.74, 6) is -0.688. The summed E-state index contributed by atoms with van der Waals surface area (Å²) in [6.07, 6.45) is 1.40. The van der Waals surface area contributed by atoms with Crippen LogP contribution in [0.2, 0.25) is 5.02 Å². The van der Waals surface area contributed by atoms with Crippen LogP contribution in [0.3, 0.4) is 0 Å². The van der Waals surface area contributed by atoms with E-state index in [0.29, 0.717) is 28.4 Å². The highest BCUT2D eigenvalue weighted by Gasteiger charge is 2.70. The highest BCUT2D eigenvalue weighted by Crippen LogP contribution is 2.53. The molecule has 3 heterocycles. The first-order valence-electron chi connectivity index (χ1n) is 12.0. The molecule has 0 bridgehead atoms. The average Bonchev–Trinajstić information content (AvgIpc) is 3.81. The van der Waals surface area contributed by atoms with Crippen molar-refractivity contribution in [3.63, 3.8) is 0 Å². The van der Waals surface area contributed by atoms with Crippen molar-refractivity contribution < 1.29 is 19.1 Å². The van der Waals surface area contributed by atoms with Crippen LogP contribution in [-0.2, 0) is 9.59 Å². The van der Waals surface area contributed by atoms with Gasteiger partial charge in [0.25, 0.3) is 17.6 Å². The Bertz CT molecular complexity index is 1520. The molecule has 2 aliphatic rings.